The first-order valence-corrected chi connectivity index (χ1v) is 7.25. The number of ether oxygens (including phenoxy) is 2. The van der Waals surface area contributed by atoms with Crippen molar-refractivity contribution in [1.29, 1.82) is 0 Å². The van der Waals surface area contributed by atoms with E-state index in [1.165, 1.54) is 0 Å². The van der Waals surface area contributed by atoms with Crippen molar-refractivity contribution in [3.8, 4) is 5.75 Å². The smallest absolute Gasteiger partial charge is 0.347 e. The van der Waals surface area contributed by atoms with Gasteiger partial charge in [-0.3, -0.25) is 0 Å². The Hall–Kier alpha value is -1.26. The molecule has 0 fully saturated rings. The van der Waals surface area contributed by atoms with E-state index in [0.29, 0.717) is 23.8 Å². The van der Waals surface area contributed by atoms with Crippen molar-refractivity contribution in [1.82, 2.24) is 0 Å². The Morgan fingerprint density at radius 2 is 2.10 bits per heavy atom. The molecule has 0 bridgehead atoms. The Morgan fingerprint density at radius 3 is 2.65 bits per heavy atom. The first kappa shape index (κ1) is 16.8. The summed E-state index contributed by atoms with van der Waals surface area (Å²) in [6.45, 7) is 5.95. The molecule has 0 amide bonds. The first-order chi connectivity index (χ1) is 9.49. The molecular formula is C15H22ClNO3. The molecule has 0 saturated carbocycles. The molecule has 1 unspecified atom stereocenters. The van der Waals surface area contributed by atoms with Gasteiger partial charge in [-0.05, 0) is 38.5 Å². The van der Waals surface area contributed by atoms with Crippen molar-refractivity contribution < 1.29 is 14.3 Å². The van der Waals surface area contributed by atoms with Crippen LogP contribution in [-0.2, 0) is 9.53 Å². The summed E-state index contributed by atoms with van der Waals surface area (Å²) in [6.07, 6.45) is 0.809. The number of carbonyl (C=O) groups excluding carboxylic acids is 1. The average Bonchev–Trinajstić information content (AvgIpc) is 2.40. The van der Waals surface area contributed by atoms with Gasteiger partial charge in [0.15, 0.2) is 6.10 Å². The van der Waals surface area contributed by atoms with E-state index < -0.39 is 6.10 Å². The van der Waals surface area contributed by atoms with E-state index in [-0.39, 0.29) is 12.0 Å². The first-order valence-electron chi connectivity index (χ1n) is 6.87. The molecule has 0 aromatic heterocycles. The highest BCUT2D eigenvalue weighted by Gasteiger charge is 2.22. The minimum atomic E-state index is -0.612. The molecule has 1 aromatic rings. The van der Waals surface area contributed by atoms with Crippen LogP contribution in [0.1, 0.15) is 45.2 Å². The van der Waals surface area contributed by atoms with Gasteiger partial charge in [0.05, 0.1) is 6.61 Å². The molecule has 0 radical (unpaired) electrons. The number of nitrogens with two attached hydrogens (primary N) is 1. The Labute approximate surface area is 125 Å². The third-order valence-corrected chi connectivity index (χ3v) is 3.07. The number of rotatable bonds is 7. The third-order valence-electron chi connectivity index (χ3n) is 2.83. The number of hydrogen-bond donors (Lipinski definition) is 1. The number of halogens is 1. The predicted molar refractivity (Wildman–Crippen MR) is 80.0 cm³/mol. The van der Waals surface area contributed by atoms with Gasteiger partial charge >= 0.3 is 5.97 Å². The van der Waals surface area contributed by atoms with E-state index >= 15 is 0 Å². The van der Waals surface area contributed by atoms with Crippen LogP contribution in [0.2, 0.25) is 5.02 Å². The molecule has 5 heteroatoms. The molecule has 1 aromatic carbocycles. The van der Waals surface area contributed by atoms with Crippen LogP contribution in [0.25, 0.3) is 0 Å². The van der Waals surface area contributed by atoms with Gasteiger partial charge in [-0.1, -0.05) is 24.9 Å². The number of esters is 1. The standard InChI is InChI=1S/C15H22ClNO3/c1-4-6-14(15(18)19-5-2)20-13-8-7-11(16)9-12(13)10(3)17/h7-10,14H,4-6,17H2,1-3H3/t10-,14?/m0/s1. The fourth-order valence-corrected chi connectivity index (χ4v) is 2.04. The molecule has 0 saturated heterocycles. The lowest BCUT2D eigenvalue weighted by Gasteiger charge is -2.20. The molecule has 0 aliphatic rings. The molecule has 0 aliphatic carbocycles. The van der Waals surface area contributed by atoms with E-state index in [1.807, 2.05) is 13.8 Å². The second-order valence-corrected chi connectivity index (χ2v) is 5.05. The van der Waals surface area contributed by atoms with Crippen LogP contribution in [0, 0.1) is 0 Å². The normalized spacial score (nSPS) is 13.7. The lowest BCUT2D eigenvalue weighted by Crippen LogP contribution is -2.30. The van der Waals surface area contributed by atoms with Gasteiger partial charge in [-0.2, -0.15) is 0 Å². The van der Waals surface area contributed by atoms with E-state index in [2.05, 4.69) is 0 Å². The Kier molecular flexibility index (Phi) is 6.82. The van der Waals surface area contributed by atoms with E-state index in [1.54, 1.807) is 25.1 Å². The van der Waals surface area contributed by atoms with Crippen LogP contribution < -0.4 is 10.5 Å². The fraction of sp³-hybridized carbons (Fsp3) is 0.533. The second kappa shape index (κ2) is 8.12. The minimum absolute atomic E-state index is 0.229. The van der Waals surface area contributed by atoms with Crippen molar-refractivity contribution >= 4 is 17.6 Å². The van der Waals surface area contributed by atoms with Gasteiger partial charge in [0.2, 0.25) is 0 Å². The van der Waals surface area contributed by atoms with Gasteiger partial charge in [0.1, 0.15) is 5.75 Å². The average molecular weight is 300 g/mol. The molecule has 0 aliphatic heterocycles. The summed E-state index contributed by atoms with van der Waals surface area (Å²) in [5, 5.41) is 0.591. The minimum Gasteiger partial charge on any atom is -0.478 e. The van der Waals surface area contributed by atoms with Gasteiger partial charge in [0.25, 0.3) is 0 Å². The van der Waals surface area contributed by atoms with Crippen molar-refractivity contribution in [2.24, 2.45) is 5.73 Å². The Balaban J connectivity index is 2.95. The Morgan fingerprint density at radius 1 is 1.40 bits per heavy atom. The van der Waals surface area contributed by atoms with Crippen LogP contribution in [0.5, 0.6) is 5.75 Å². The molecule has 112 valence electrons. The van der Waals surface area contributed by atoms with Gasteiger partial charge < -0.3 is 15.2 Å². The van der Waals surface area contributed by atoms with Crippen LogP contribution in [0.3, 0.4) is 0 Å². The molecule has 20 heavy (non-hydrogen) atoms. The fourth-order valence-electron chi connectivity index (χ4n) is 1.86. The summed E-state index contributed by atoms with van der Waals surface area (Å²) in [4.78, 5) is 11.9. The van der Waals surface area contributed by atoms with Crippen molar-refractivity contribution in [3.63, 3.8) is 0 Å². The van der Waals surface area contributed by atoms with Gasteiger partial charge in [-0.25, -0.2) is 4.79 Å². The summed E-state index contributed by atoms with van der Waals surface area (Å²) >= 11 is 5.97. The zero-order valence-electron chi connectivity index (χ0n) is 12.2. The van der Waals surface area contributed by atoms with E-state index in [0.717, 1.165) is 12.0 Å². The topological polar surface area (TPSA) is 61.5 Å². The number of benzene rings is 1. The maximum absolute atomic E-state index is 11.9. The maximum Gasteiger partial charge on any atom is 0.347 e. The zero-order valence-corrected chi connectivity index (χ0v) is 12.9. The summed E-state index contributed by atoms with van der Waals surface area (Å²) in [7, 11) is 0. The summed E-state index contributed by atoms with van der Waals surface area (Å²) in [5.74, 6) is 0.232. The van der Waals surface area contributed by atoms with E-state index in [4.69, 9.17) is 26.8 Å². The zero-order chi connectivity index (χ0) is 15.1. The third kappa shape index (κ3) is 4.69. The monoisotopic (exact) mass is 299 g/mol. The van der Waals surface area contributed by atoms with Gasteiger partial charge in [0, 0.05) is 16.6 Å². The highest BCUT2D eigenvalue weighted by molar-refractivity contribution is 6.30. The predicted octanol–water partition coefficient (Wildman–Crippen LogP) is 3.47. The summed E-state index contributed by atoms with van der Waals surface area (Å²) < 4.78 is 10.8. The molecule has 1 rings (SSSR count). The van der Waals surface area contributed by atoms with Crippen molar-refractivity contribution in [3.05, 3.63) is 28.8 Å². The lowest BCUT2D eigenvalue weighted by molar-refractivity contribution is -0.151. The molecule has 4 nitrogen and oxygen atoms in total. The summed E-state index contributed by atoms with van der Waals surface area (Å²) in [5.41, 5.74) is 6.69. The number of hydrogen-bond acceptors (Lipinski definition) is 4. The SMILES string of the molecule is CCCC(Oc1ccc(Cl)cc1[C@H](C)N)C(=O)OCC. The van der Waals surface area contributed by atoms with Crippen LogP contribution in [0.15, 0.2) is 18.2 Å². The quantitative estimate of drug-likeness (QED) is 0.783. The number of carbonyl (C=O) groups is 1. The molecule has 2 atom stereocenters. The summed E-state index contributed by atoms with van der Waals surface area (Å²) in [6, 6.07) is 4.99. The molecular weight excluding hydrogens is 278 g/mol. The maximum atomic E-state index is 11.9. The molecule has 0 spiro atoms. The van der Waals surface area contributed by atoms with Gasteiger partial charge in [-0.15, -0.1) is 0 Å². The van der Waals surface area contributed by atoms with Crippen LogP contribution in [0.4, 0.5) is 0 Å². The molecule has 0 heterocycles. The second-order valence-electron chi connectivity index (χ2n) is 4.62. The van der Waals surface area contributed by atoms with Crippen LogP contribution in [-0.4, -0.2) is 18.7 Å². The Bertz CT molecular complexity index is 449. The largest absolute Gasteiger partial charge is 0.478 e. The highest BCUT2D eigenvalue weighted by atomic mass is 35.5. The molecule has 2 N–H and O–H groups in total. The highest BCUT2D eigenvalue weighted by Crippen LogP contribution is 2.28. The lowest BCUT2D eigenvalue weighted by atomic mass is 10.1. The van der Waals surface area contributed by atoms with E-state index in [9.17, 15) is 4.79 Å². The van der Waals surface area contributed by atoms with Crippen LogP contribution >= 0.6 is 11.6 Å². The van der Waals surface area contributed by atoms with Crippen molar-refractivity contribution in [2.45, 2.75) is 45.8 Å². The van der Waals surface area contributed by atoms with Crippen molar-refractivity contribution in [2.75, 3.05) is 6.61 Å².